The van der Waals surface area contributed by atoms with E-state index < -0.39 is 23.7 Å². The van der Waals surface area contributed by atoms with Gasteiger partial charge in [-0.25, -0.2) is 4.39 Å². The molecule has 0 unspecified atom stereocenters. The van der Waals surface area contributed by atoms with Gasteiger partial charge in [0, 0.05) is 15.5 Å². The highest BCUT2D eigenvalue weighted by atomic mass is 35.5. The number of halogens is 2. The summed E-state index contributed by atoms with van der Waals surface area (Å²) in [6.07, 6.45) is -0.192. The summed E-state index contributed by atoms with van der Waals surface area (Å²) in [5.41, 5.74) is 0.134. The van der Waals surface area contributed by atoms with Crippen LogP contribution in [0.3, 0.4) is 0 Å². The molecule has 4 nitrogen and oxygen atoms in total. The number of carbonyl (C=O) groups is 2. The summed E-state index contributed by atoms with van der Waals surface area (Å²) in [6.45, 7) is 0. The maximum absolute atomic E-state index is 13.7. The minimum atomic E-state index is -0.534. The van der Waals surface area contributed by atoms with Crippen LogP contribution in [0.1, 0.15) is 22.9 Å². The average Bonchev–Trinajstić information content (AvgIpc) is 3.04. The number of methoxy groups -OCH3 is 1. The molecule has 0 spiro atoms. The Labute approximate surface area is 142 Å². The number of ether oxygens (including phenoxy) is 1. The van der Waals surface area contributed by atoms with Crippen molar-refractivity contribution in [3.63, 3.8) is 0 Å². The lowest BCUT2D eigenvalue weighted by molar-refractivity contribution is -0.141. The van der Waals surface area contributed by atoms with E-state index in [9.17, 15) is 14.0 Å². The molecule has 0 aliphatic carbocycles. The van der Waals surface area contributed by atoms with Crippen molar-refractivity contribution in [3.8, 4) is 0 Å². The molecule has 1 aromatic carbocycles. The second-order valence-electron chi connectivity index (χ2n) is 4.79. The smallest absolute Gasteiger partial charge is 0.307 e. The second kappa shape index (κ2) is 8.08. The van der Waals surface area contributed by atoms with Crippen LogP contribution in [0, 0.1) is 5.82 Å². The quantitative estimate of drug-likeness (QED) is 0.807. The third-order valence-corrected chi connectivity index (χ3v) is 4.56. The fourth-order valence-electron chi connectivity index (χ4n) is 2.07. The normalized spacial score (nSPS) is 11.8. The van der Waals surface area contributed by atoms with Gasteiger partial charge in [0.15, 0.2) is 0 Å². The van der Waals surface area contributed by atoms with E-state index in [1.165, 1.54) is 36.6 Å². The molecule has 2 rings (SSSR count). The third kappa shape index (κ3) is 4.77. The van der Waals surface area contributed by atoms with Crippen LogP contribution in [0.15, 0.2) is 35.7 Å². The molecule has 2 aromatic rings. The Morgan fingerprint density at radius 1 is 1.35 bits per heavy atom. The zero-order chi connectivity index (χ0) is 16.8. The van der Waals surface area contributed by atoms with Crippen molar-refractivity contribution in [2.24, 2.45) is 0 Å². The van der Waals surface area contributed by atoms with Crippen LogP contribution in [0.4, 0.5) is 4.39 Å². The number of benzene rings is 1. The molecule has 1 N–H and O–H groups in total. The van der Waals surface area contributed by atoms with E-state index in [1.54, 1.807) is 0 Å². The predicted octanol–water partition coefficient (Wildman–Crippen LogP) is 3.50. The van der Waals surface area contributed by atoms with E-state index in [2.05, 4.69) is 10.1 Å². The van der Waals surface area contributed by atoms with Gasteiger partial charge in [-0.15, -0.1) is 11.3 Å². The first kappa shape index (κ1) is 17.4. The average molecular weight is 356 g/mol. The van der Waals surface area contributed by atoms with Crippen LogP contribution in [0.25, 0.3) is 0 Å². The van der Waals surface area contributed by atoms with E-state index in [0.717, 1.165) is 4.88 Å². The summed E-state index contributed by atoms with van der Waals surface area (Å²) in [4.78, 5) is 24.5. The molecule has 0 aliphatic rings. The fraction of sp³-hybridized carbons (Fsp3) is 0.250. The molecule has 1 heterocycles. The van der Waals surface area contributed by atoms with Gasteiger partial charge in [-0.3, -0.25) is 9.59 Å². The van der Waals surface area contributed by atoms with Crippen LogP contribution >= 0.6 is 22.9 Å². The molecule has 1 aromatic heterocycles. The summed E-state index contributed by atoms with van der Waals surface area (Å²) < 4.78 is 18.4. The first-order chi connectivity index (χ1) is 11.0. The molecular formula is C16H15ClFNO3S. The van der Waals surface area contributed by atoms with Gasteiger partial charge in [-0.1, -0.05) is 23.7 Å². The van der Waals surface area contributed by atoms with Gasteiger partial charge < -0.3 is 10.1 Å². The number of amides is 1. The largest absolute Gasteiger partial charge is 0.469 e. The minimum absolute atomic E-state index is 0.00770. The lowest BCUT2D eigenvalue weighted by Crippen LogP contribution is -2.31. The Balaban J connectivity index is 2.10. The first-order valence-corrected chi connectivity index (χ1v) is 8.09. The molecule has 0 saturated heterocycles. The van der Waals surface area contributed by atoms with Gasteiger partial charge in [0.2, 0.25) is 5.91 Å². The Morgan fingerprint density at radius 2 is 2.13 bits per heavy atom. The minimum Gasteiger partial charge on any atom is -0.469 e. The van der Waals surface area contributed by atoms with Gasteiger partial charge in [0.1, 0.15) is 5.82 Å². The molecule has 7 heteroatoms. The summed E-state index contributed by atoms with van der Waals surface area (Å²) in [7, 11) is 1.29. The molecule has 0 bridgehead atoms. The van der Waals surface area contributed by atoms with Gasteiger partial charge in [-0.2, -0.15) is 0 Å². The molecule has 1 atom stereocenters. The maximum Gasteiger partial charge on any atom is 0.307 e. The van der Waals surface area contributed by atoms with Crippen molar-refractivity contribution in [3.05, 3.63) is 57.0 Å². The van der Waals surface area contributed by atoms with Crippen LogP contribution in [-0.2, 0) is 20.7 Å². The van der Waals surface area contributed by atoms with Crippen LogP contribution < -0.4 is 5.32 Å². The van der Waals surface area contributed by atoms with E-state index in [0.29, 0.717) is 0 Å². The van der Waals surface area contributed by atoms with Crippen molar-refractivity contribution in [1.82, 2.24) is 5.32 Å². The number of hydrogen-bond acceptors (Lipinski definition) is 4. The lowest BCUT2D eigenvalue weighted by atomic mass is 10.1. The zero-order valence-corrected chi connectivity index (χ0v) is 13.9. The number of thiophene rings is 1. The highest BCUT2D eigenvalue weighted by Gasteiger charge is 2.21. The second-order valence-corrected chi connectivity index (χ2v) is 6.18. The van der Waals surface area contributed by atoms with E-state index in [4.69, 9.17) is 11.6 Å². The van der Waals surface area contributed by atoms with Crippen molar-refractivity contribution in [1.29, 1.82) is 0 Å². The molecule has 1 amide bonds. The first-order valence-electron chi connectivity index (χ1n) is 6.83. The van der Waals surface area contributed by atoms with E-state index in [1.807, 2.05) is 17.5 Å². The van der Waals surface area contributed by atoms with E-state index >= 15 is 0 Å². The molecule has 0 aliphatic heterocycles. The number of hydrogen-bond donors (Lipinski definition) is 1. The summed E-state index contributed by atoms with van der Waals surface area (Å²) in [6, 6.07) is 7.38. The van der Waals surface area contributed by atoms with Crippen LogP contribution in [0.2, 0.25) is 5.02 Å². The topological polar surface area (TPSA) is 55.4 Å². The van der Waals surface area contributed by atoms with Crippen LogP contribution in [0.5, 0.6) is 0 Å². The summed E-state index contributed by atoms with van der Waals surface area (Å²) in [5, 5.41) is 4.77. The zero-order valence-electron chi connectivity index (χ0n) is 12.3. The number of esters is 1. The van der Waals surface area contributed by atoms with Crippen molar-refractivity contribution in [2.75, 3.05) is 7.11 Å². The van der Waals surface area contributed by atoms with Crippen LogP contribution in [-0.4, -0.2) is 19.0 Å². The SMILES string of the molecule is COC(=O)C[C@H](NC(=O)Cc1c(F)cccc1Cl)c1cccs1. The van der Waals surface area contributed by atoms with Crippen molar-refractivity contribution >= 4 is 34.8 Å². The van der Waals surface area contributed by atoms with Crippen molar-refractivity contribution in [2.45, 2.75) is 18.9 Å². The highest BCUT2D eigenvalue weighted by molar-refractivity contribution is 7.10. The number of carbonyl (C=O) groups excluding carboxylic acids is 2. The van der Waals surface area contributed by atoms with Gasteiger partial charge in [0.25, 0.3) is 0 Å². The molecule has 122 valence electrons. The standard InChI is InChI=1S/C16H15ClFNO3S/c1-22-16(21)9-13(14-6-3-7-23-14)19-15(20)8-10-11(17)4-2-5-12(10)18/h2-7,13H,8-9H2,1H3,(H,19,20)/t13-/m0/s1. The lowest BCUT2D eigenvalue weighted by Gasteiger charge is -2.17. The number of nitrogens with one attached hydrogen (secondary N) is 1. The summed E-state index contributed by atoms with van der Waals surface area (Å²) in [5.74, 6) is -1.39. The summed E-state index contributed by atoms with van der Waals surface area (Å²) >= 11 is 7.34. The number of rotatable bonds is 6. The molecule has 0 radical (unpaired) electrons. The Hall–Kier alpha value is -1.92. The molecular weight excluding hydrogens is 341 g/mol. The molecule has 23 heavy (non-hydrogen) atoms. The monoisotopic (exact) mass is 355 g/mol. The van der Waals surface area contributed by atoms with E-state index in [-0.39, 0.29) is 23.4 Å². The maximum atomic E-state index is 13.7. The molecule has 0 fully saturated rings. The Kier molecular flexibility index (Phi) is 6.12. The predicted molar refractivity (Wildman–Crippen MR) is 86.9 cm³/mol. The molecule has 0 saturated carbocycles. The Bertz CT molecular complexity index is 670. The highest BCUT2D eigenvalue weighted by Crippen LogP contribution is 2.24. The van der Waals surface area contributed by atoms with Crippen molar-refractivity contribution < 1.29 is 18.7 Å². The Morgan fingerprint density at radius 3 is 2.74 bits per heavy atom. The van der Waals surface area contributed by atoms with Gasteiger partial charge in [0.05, 0.1) is 26.0 Å². The van der Waals surface area contributed by atoms with Gasteiger partial charge in [-0.05, 0) is 23.6 Å². The third-order valence-electron chi connectivity index (χ3n) is 3.22. The van der Waals surface area contributed by atoms with Gasteiger partial charge >= 0.3 is 5.97 Å². The fourth-order valence-corrected chi connectivity index (χ4v) is 3.08.